The quantitative estimate of drug-likeness (QED) is 0.720. The maximum absolute atomic E-state index is 14.4. The first-order valence-electron chi connectivity index (χ1n) is 8.95. The normalized spacial score (nSPS) is 16.0. The number of hydrogen-bond acceptors (Lipinski definition) is 4. The first kappa shape index (κ1) is 20.7. The molecule has 1 atom stereocenters. The molecule has 152 valence electrons. The van der Waals surface area contributed by atoms with Gasteiger partial charge >= 0.3 is 5.97 Å². The Morgan fingerprint density at radius 3 is 2.72 bits per heavy atom. The summed E-state index contributed by atoms with van der Waals surface area (Å²) in [7, 11) is 0. The predicted molar refractivity (Wildman–Crippen MR) is 99.4 cm³/mol. The van der Waals surface area contributed by atoms with Crippen LogP contribution in [0, 0.1) is 29.3 Å². The lowest BCUT2D eigenvalue weighted by Gasteiger charge is -2.21. The summed E-state index contributed by atoms with van der Waals surface area (Å²) in [6, 6.07) is 5.42. The minimum Gasteiger partial charge on any atom is -0.478 e. The average molecular weight is 405 g/mol. The fourth-order valence-electron chi connectivity index (χ4n) is 2.80. The molecule has 29 heavy (non-hydrogen) atoms. The second-order valence-electron chi connectivity index (χ2n) is 6.32. The van der Waals surface area contributed by atoms with Crippen LogP contribution in [0.25, 0.3) is 0 Å². The molecule has 1 saturated heterocycles. The van der Waals surface area contributed by atoms with Crippen molar-refractivity contribution in [2.24, 2.45) is 0 Å². The number of hydrogen-bond donors (Lipinski definition) is 2. The van der Waals surface area contributed by atoms with Crippen molar-refractivity contribution < 1.29 is 32.5 Å². The van der Waals surface area contributed by atoms with Crippen molar-refractivity contribution in [2.75, 3.05) is 18.5 Å². The topological polar surface area (TPSA) is 67.8 Å². The Kier molecular flexibility index (Phi) is 6.75. The van der Waals surface area contributed by atoms with Crippen LogP contribution in [0.1, 0.15) is 35.2 Å². The third kappa shape index (κ3) is 5.28. The molecule has 2 aromatic carbocycles. The van der Waals surface area contributed by atoms with E-state index in [4.69, 9.17) is 14.6 Å². The van der Waals surface area contributed by atoms with E-state index in [0.717, 1.165) is 31.4 Å². The van der Waals surface area contributed by atoms with E-state index < -0.39 is 34.7 Å². The van der Waals surface area contributed by atoms with E-state index >= 15 is 0 Å². The summed E-state index contributed by atoms with van der Waals surface area (Å²) >= 11 is 0. The summed E-state index contributed by atoms with van der Waals surface area (Å²) in [5.41, 5.74) is -1.04. The fraction of sp³-hybridized carbons (Fsp3) is 0.286. The van der Waals surface area contributed by atoms with E-state index in [2.05, 4.69) is 17.2 Å². The molecule has 5 nitrogen and oxygen atoms in total. The Morgan fingerprint density at radius 1 is 1.21 bits per heavy atom. The van der Waals surface area contributed by atoms with Crippen molar-refractivity contribution in [1.82, 2.24) is 0 Å². The van der Waals surface area contributed by atoms with Crippen molar-refractivity contribution in [1.29, 1.82) is 0 Å². The molecule has 1 aliphatic rings. The van der Waals surface area contributed by atoms with E-state index in [1.165, 1.54) is 12.1 Å². The Bertz CT molecular complexity index is 962. The molecule has 8 heteroatoms. The zero-order valence-electron chi connectivity index (χ0n) is 15.3. The summed E-state index contributed by atoms with van der Waals surface area (Å²) in [6.07, 6.45) is 2.59. The Hall–Kier alpha value is -3.02. The average Bonchev–Trinajstić information content (AvgIpc) is 2.71. The van der Waals surface area contributed by atoms with Gasteiger partial charge in [0.15, 0.2) is 17.9 Å². The minimum atomic E-state index is -1.48. The van der Waals surface area contributed by atoms with E-state index in [9.17, 15) is 18.0 Å². The summed E-state index contributed by atoms with van der Waals surface area (Å²) in [4.78, 5) is 11.2. The SMILES string of the molecule is O=C(O)c1ccc(F)c(F)c1Nc1ccc(C#CCOC2CCCCO2)cc1F. The summed E-state index contributed by atoms with van der Waals surface area (Å²) < 4.78 is 52.7. The van der Waals surface area contributed by atoms with Crippen molar-refractivity contribution in [3.63, 3.8) is 0 Å². The van der Waals surface area contributed by atoms with Crippen LogP contribution in [0.5, 0.6) is 0 Å². The lowest BCUT2D eigenvalue weighted by molar-refractivity contribution is -0.154. The number of carboxylic acids is 1. The number of ether oxygens (including phenoxy) is 2. The predicted octanol–water partition coefficient (Wildman–Crippen LogP) is 4.44. The molecule has 0 aromatic heterocycles. The van der Waals surface area contributed by atoms with Gasteiger partial charge in [0.05, 0.1) is 16.9 Å². The van der Waals surface area contributed by atoms with Crippen molar-refractivity contribution >= 4 is 17.3 Å². The fourth-order valence-corrected chi connectivity index (χ4v) is 2.80. The Morgan fingerprint density at radius 2 is 2.03 bits per heavy atom. The van der Waals surface area contributed by atoms with E-state index in [0.29, 0.717) is 18.2 Å². The van der Waals surface area contributed by atoms with Gasteiger partial charge in [0.1, 0.15) is 12.4 Å². The third-order valence-electron chi connectivity index (χ3n) is 4.27. The first-order chi connectivity index (χ1) is 14.0. The molecule has 1 heterocycles. The van der Waals surface area contributed by atoms with Crippen molar-refractivity contribution in [2.45, 2.75) is 25.6 Å². The van der Waals surface area contributed by atoms with E-state index in [1.807, 2.05) is 0 Å². The zero-order valence-corrected chi connectivity index (χ0v) is 15.3. The molecule has 1 fully saturated rings. The van der Waals surface area contributed by atoms with Gasteiger partial charge in [0.25, 0.3) is 0 Å². The molecular formula is C21H18F3NO4. The number of rotatable bonds is 5. The second-order valence-corrected chi connectivity index (χ2v) is 6.32. The molecule has 2 N–H and O–H groups in total. The summed E-state index contributed by atoms with van der Waals surface area (Å²) in [5.74, 6) is 0.571. The summed E-state index contributed by atoms with van der Waals surface area (Å²) in [6.45, 7) is 0.788. The highest BCUT2D eigenvalue weighted by atomic mass is 19.2. The first-order valence-corrected chi connectivity index (χ1v) is 8.95. The van der Waals surface area contributed by atoms with E-state index in [1.54, 1.807) is 0 Å². The number of halogens is 3. The molecule has 0 saturated carbocycles. The largest absolute Gasteiger partial charge is 0.478 e. The highest BCUT2D eigenvalue weighted by molar-refractivity contribution is 5.95. The highest BCUT2D eigenvalue weighted by Gasteiger charge is 2.19. The molecule has 0 radical (unpaired) electrons. The van der Waals surface area contributed by atoms with Gasteiger partial charge in [0, 0.05) is 12.2 Å². The molecule has 0 spiro atoms. The molecule has 0 amide bonds. The van der Waals surface area contributed by atoms with Gasteiger partial charge in [0.2, 0.25) is 0 Å². The number of carbonyl (C=O) groups is 1. The number of carboxylic acid groups (broad SMARTS) is 1. The van der Waals surface area contributed by atoms with Crippen LogP contribution in [0.15, 0.2) is 30.3 Å². The lowest BCUT2D eigenvalue weighted by Crippen LogP contribution is -2.22. The van der Waals surface area contributed by atoms with Crippen LogP contribution < -0.4 is 5.32 Å². The highest BCUT2D eigenvalue weighted by Crippen LogP contribution is 2.28. The van der Waals surface area contributed by atoms with Crippen molar-refractivity contribution in [3.8, 4) is 11.8 Å². The summed E-state index contributed by atoms with van der Waals surface area (Å²) in [5, 5.41) is 11.4. The van der Waals surface area contributed by atoms with Crippen LogP contribution >= 0.6 is 0 Å². The molecule has 3 rings (SSSR count). The maximum Gasteiger partial charge on any atom is 0.337 e. The van der Waals surface area contributed by atoms with Crippen LogP contribution in [0.4, 0.5) is 24.5 Å². The molecule has 1 unspecified atom stereocenters. The second kappa shape index (κ2) is 9.45. The van der Waals surface area contributed by atoms with Crippen LogP contribution in [-0.2, 0) is 9.47 Å². The smallest absolute Gasteiger partial charge is 0.337 e. The molecule has 2 aromatic rings. The van der Waals surface area contributed by atoms with Gasteiger partial charge in [-0.05, 0) is 49.6 Å². The zero-order chi connectivity index (χ0) is 20.8. The maximum atomic E-state index is 14.4. The number of anilines is 2. The Labute approximate surface area is 165 Å². The van der Waals surface area contributed by atoms with Crippen LogP contribution in [0.3, 0.4) is 0 Å². The lowest BCUT2D eigenvalue weighted by atomic mass is 10.1. The standard InChI is InChI=1S/C21H18F3NO4/c22-15-8-7-14(21(26)27)20(19(15)24)25-17-9-6-13(12-16(17)23)4-3-11-29-18-5-1-2-10-28-18/h6-9,12,18,25H,1-2,5,10-11H2,(H,26,27). The van der Waals surface area contributed by atoms with Crippen LogP contribution in [0.2, 0.25) is 0 Å². The van der Waals surface area contributed by atoms with Crippen LogP contribution in [-0.4, -0.2) is 30.6 Å². The van der Waals surface area contributed by atoms with Crippen molar-refractivity contribution in [3.05, 3.63) is 58.9 Å². The number of aromatic carboxylic acids is 1. The van der Waals surface area contributed by atoms with Gasteiger partial charge in [-0.3, -0.25) is 0 Å². The molecule has 0 bridgehead atoms. The third-order valence-corrected chi connectivity index (χ3v) is 4.27. The van der Waals surface area contributed by atoms with Gasteiger partial charge in [-0.15, -0.1) is 0 Å². The van der Waals surface area contributed by atoms with Gasteiger partial charge in [-0.1, -0.05) is 11.8 Å². The molecule has 1 aliphatic heterocycles. The molecular weight excluding hydrogens is 387 g/mol. The Balaban J connectivity index is 1.70. The van der Waals surface area contributed by atoms with E-state index in [-0.39, 0.29) is 18.6 Å². The van der Waals surface area contributed by atoms with Gasteiger partial charge in [-0.25, -0.2) is 18.0 Å². The van der Waals surface area contributed by atoms with Gasteiger partial charge < -0.3 is 19.9 Å². The molecule has 0 aliphatic carbocycles. The number of nitrogens with one attached hydrogen (secondary N) is 1. The monoisotopic (exact) mass is 405 g/mol. The number of benzene rings is 2. The van der Waals surface area contributed by atoms with Gasteiger partial charge in [-0.2, -0.15) is 0 Å². The minimum absolute atomic E-state index is 0.128.